The third kappa shape index (κ3) is 2.86. The number of hydrogen-bond acceptors (Lipinski definition) is 3. The molecular formula is C18H19BrN4. The van der Waals surface area contributed by atoms with E-state index in [0.717, 1.165) is 47.2 Å². The fourth-order valence-corrected chi connectivity index (χ4v) is 3.48. The Morgan fingerprint density at radius 3 is 2.52 bits per heavy atom. The van der Waals surface area contributed by atoms with Crippen LogP contribution in [0.3, 0.4) is 0 Å². The van der Waals surface area contributed by atoms with Crippen LogP contribution >= 0.6 is 15.9 Å². The fourth-order valence-electron chi connectivity index (χ4n) is 3.06. The molecule has 0 radical (unpaired) electrons. The van der Waals surface area contributed by atoms with E-state index in [4.69, 9.17) is 0 Å². The summed E-state index contributed by atoms with van der Waals surface area (Å²) in [4.78, 5) is 12.5. The zero-order valence-corrected chi connectivity index (χ0v) is 14.7. The van der Waals surface area contributed by atoms with Crippen molar-refractivity contribution in [2.75, 3.05) is 38.1 Å². The molecule has 1 saturated heterocycles. The molecule has 0 bridgehead atoms. The molecule has 1 fully saturated rings. The molecule has 0 aliphatic carbocycles. The summed E-state index contributed by atoms with van der Waals surface area (Å²) in [6, 6.07) is 11.0. The monoisotopic (exact) mass is 370 g/mol. The summed E-state index contributed by atoms with van der Waals surface area (Å²) in [5.41, 5.74) is 4.56. The number of anilines is 1. The SMILES string of the molecule is CN1CCN(c2ccc(-c3cnc4[nH]cc(Br)c4c3)cc2)CC1. The van der Waals surface area contributed by atoms with Crippen molar-refractivity contribution < 1.29 is 0 Å². The van der Waals surface area contributed by atoms with Gasteiger partial charge in [-0.25, -0.2) is 4.98 Å². The largest absolute Gasteiger partial charge is 0.369 e. The van der Waals surface area contributed by atoms with Crippen LogP contribution in [0.25, 0.3) is 22.2 Å². The lowest BCUT2D eigenvalue weighted by Gasteiger charge is -2.34. The van der Waals surface area contributed by atoms with Gasteiger partial charge < -0.3 is 14.8 Å². The van der Waals surface area contributed by atoms with Crippen molar-refractivity contribution in [1.82, 2.24) is 14.9 Å². The summed E-state index contributed by atoms with van der Waals surface area (Å²) < 4.78 is 1.05. The minimum atomic E-state index is 0.912. The molecular weight excluding hydrogens is 352 g/mol. The van der Waals surface area contributed by atoms with Crippen molar-refractivity contribution in [3.8, 4) is 11.1 Å². The molecule has 0 amide bonds. The van der Waals surface area contributed by atoms with Crippen molar-refractivity contribution in [2.24, 2.45) is 0 Å². The highest BCUT2D eigenvalue weighted by molar-refractivity contribution is 9.10. The van der Waals surface area contributed by atoms with Crippen LogP contribution in [0.5, 0.6) is 0 Å². The number of likely N-dealkylation sites (N-methyl/N-ethyl adjacent to an activating group) is 1. The Bertz CT molecular complexity index is 817. The third-order valence-corrected chi connectivity index (χ3v) is 5.21. The van der Waals surface area contributed by atoms with Crippen LogP contribution in [0.15, 0.2) is 47.2 Å². The predicted molar refractivity (Wildman–Crippen MR) is 98.9 cm³/mol. The molecule has 3 heterocycles. The van der Waals surface area contributed by atoms with E-state index in [9.17, 15) is 0 Å². The number of aromatic amines is 1. The number of nitrogens with zero attached hydrogens (tertiary/aromatic N) is 3. The normalized spacial score (nSPS) is 16.2. The standard InChI is InChI=1S/C18H19BrN4/c1-22-6-8-23(9-7-22)15-4-2-13(3-5-15)14-10-16-17(19)12-21-18(16)20-11-14/h2-5,10-12H,6-9H2,1H3,(H,20,21). The average molecular weight is 371 g/mol. The van der Waals surface area contributed by atoms with E-state index in [1.54, 1.807) is 0 Å². The molecule has 4 rings (SSSR count). The zero-order chi connectivity index (χ0) is 15.8. The molecule has 0 spiro atoms. The van der Waals surface area contributed by atoms with Gasteiger partial charge in [0.15, 0.2) is 0 Å². The van der Waals surface area contributed by atoms with Gasteiger partial charge in [0.2, 0.25) is 0 Å². The van der Waals surface area contributed by atoms with Gasteiger partial charge in [-0.1, -0.05) is 12.1 Å². The lowest BCUT2D eigenvalue weighted by Crippen LogP contribution is -2.44. The van der Waals surface area contributed by atoms with Crippen LogP contribution in [-0.2, 0) is 0 Å². The highest BCUT2D eigenvalue weighted by Crippen LogP contribution is 2.28. The third-order valence-electron chi connectivity index (χ3n) is 4.55. The number of aromatic nitrogens is 2. The molecule has 0 atom stereocenters. The Morgan fingerprint density at radius 1 is 1.04 bits per heavy atom. The van der Waals surface area contributed by atoms with E-state index < -0.39 is 0 Å². The van der Waals surface area contributed by atoms with Crippen LogP contribution in [-0.4, -0.2) is 48.1 Å². The molecule has 0 unspecified atom stereocenters. The van der Waals surface area contributed by atoms with E-state index in [1.165, 1.54) is 11.3 Å². The van der Waals surface area contributed by atoms with Crippen molar-refractivity contribution in [1.29, 1.82) is 0 Å². The molecule has 0 saturated carbocycles. The molecule has 2 aromatic heterocycles. The second-order valence-electron chi connectivity index (χ2n) is 6.09. The van der Waals surface area contributed by atoms with Gasteiger partial charge in [-0.2, -0.15) is 0 Å². The van der Waals surface area contributed by atoms with Crippen LogP contribution in [0.4, 0.5) is 5.69 Å². The van der Waals surface area contributed by atoms with Crippen LogP contribution in [0.2, 0.25) is 0 Å². The van der Waals surface area contributed by atoms with Crippen molar-refractivity contribution in [2.45, 2.75) is 0 Å². The number of piperazine rings is 1. The Morgan fingerprint density at radius 2 is 1.78 bits per heavy atom. The van der Waals surface area contributed by atoms with Crippen molar-refractivity contribution >= 4 is 32.7 Å². The quantitative estimate of drug-likeness (QED) is 0.745. The molecule has 118 valence electrons. The number of rotatable bonds is 2. The zero-order valence-electron chi connectivity index (χ0n) is 13.1. The number of nitrogens with one attached hydrogen (secondary N) is 1. The molecule has 4 nitrogen and oxygen atoms in total. The van der Waals surface area contributed by atoms with Crippen molar-refractivity contribution in [3.63, 3.8) is 0 Å². The van der Waals surface area contributed by atoms with E-state index in [0.29, 0.717) is 0 Å². The number of pyridine rings is 1. The van der Waals surface area contributed by atoms with E-state index in [-0.39, 0.29) is 0 Å². The average Bonchev–Trinajstić information content (AvgIpc) is 2.96. The van der Waals surface area contributed by atoms with Crippen molar-refractivity contribution in [3.05, 3.63) is 47.2 Å². The molecule has 5 heteroatoms. The maximum Gasteiger partial charge on any atom is 0.138 e. The number of H-pyrrole nitrogens is 1. The van der Waals surface area contributed by atoms with E-state index in [1.807, 2.05) is 12.4 Å². The molecule has 1 aliphatic rings. The molecule has 3 aromatic rings. The Hall–Kier alpha value is -1.85. The highest BCUT2D eigenvalue weighted by Gasteiger charge is 2.14. The molecule has 1 aliphatic heterocycles. The van der Waals surface area contributed by atoms with E-state index in [2.05, 4.69) is 73.1 Å². The molecule has 1 N–H and O–H groups in total. The Kier molecular flexibility index (Phi) is 3.83. The summed E-state index contributed by atoms with van der Waals surface area (Å²) >= 11 is 3.56. The summed E-state index contributed by atoms with van der Waals surface area (Å²) in [6.45, 7) is 4.45. The first kappa shape index (κ1) is 14.7. The first-order valence-electron chi connectivity index (χ1n) is 7.87. The van der Waals surface area contributed by atoms with Gasteiger partial charge in [-0.15, -0.1) is 0 Å². The minimum absolute atomic E-state index is 0.912. The second kappa shape index (κ2) is 5.98. The fraction of sp³-hybridized carbons (Fsp3) is 0.278. The topological polar surface area (TPSA) is 35.2 Å². The van der Waals surface area contributed by atoms with Gasteiger partial charge in [0.05, 0.1) is 0 Å². The first-order valence-corrected chi connectivity index (χ1v) is 8.66. The van der Waals surface area contributed by atoms with Gasteiger partial charge in [-0.05, 0) is 46.7 Å². The maximum atomic E-state index is 4.50. The van der Waals surface area contributed by atoms with Crippen LogP contribution in [0.1, 0.15) is 0 Å². The first-order chi connectivity index (χ1) is 11.2. The smallest absolute Gasteiger partial charge is 0.138 e. The summed E-state index contributed by atoms with van der Waals surface area (Å²) in [5, 5.41) is 1.12. The number of benzene rings is 1. The number of fused-ring (bicyclic) bond motifs is 1. The number of halogens is 1. The van der Waals surface area contributed by atoms with Gasteiger partial charge in [0.25, 0.3) is 0 Å². The number of hydrogen-bond donors (Lipinski definition) is 1. The maximum absolute atomic E-state index is 4.50. The second-order valence-corrected chi connectivity index (χ2v) is 6.95. The van der Waals surface area contributed by atoms with Gasteiger partial charge in [0, 0.05) is 59.7 Å². The van der Waals surface area contributed by atoms with Gasteiger partial charge >= 0.3 is 0 Å². The summed E-state index contributed by atoms with van der Waals surface area (Å²) in [7, 11) is 2.18. The van der Waals surface area contributed by atoms with Crippen LogP contribution in [0, 0.1) is 0 Å². The lowest BCUT2D eigenvalue weighted by atomic mass is 10.1. The Labute approximate surface area is 144 Å². The van der Waals surface area contributed by atoms with Gasteiger partial charge in [-0.3, -0.25) is 0 Å². The lowest BCUT2D eigenvalue weighted by molar-refractivity contribution is 0.313. The molecule has 1 aromatic carbocycles. The van der Waals surface area contributed by atoms with E-state index >= 15 is 0 Å². The highest BCUT2D eigenvalue weighted by atomic mass is 79.9. The summed E-state index contributed by atoms with van der Waals surface area (Å²) in [5.74, 6) is 0. The van der Waals surface area contributed by atoms with Crippen LogP contribution < -0.4 is 4.90 Å². The Balaban J connectivity index is 1.60. The summed E-state index contributed by atoms with van der Waals surface area (Å²) in [6.07, 6.45) is 3.86. The minimum Gasteiger partial charge on any atom is -0.369 e. The van der Waals surface area contributed by atoms with Gasteiger partial charge in [0.1, 0.15) is 5.65 Å². The predicted octanol–water partition coefficient (Wildman–Crippen LogP) is 3.74. The molecule has 23 heavy (non-hydrogen) atoms.